The summed E-state index contributed by atoms with van der Waals surface area (Å²) in [5.41, 5.74) is 8.68. The Morgan fingerprint density at radius 2 is 1.42 bits per heavy atom. The summed E-state index contributed by atoms with van der Waals surface area (Å²) in [5.74, 6) is 3.47. The van der Waals surface area contributed by atoms with E-state index in [1.54, 1.807) is 6.08 Å². The van der Waals surface area contributed by atoms with E-state index in [0.717, 1.165) is 39.1 Å². The molecule has 0 bridgehead atoms. The van der Waals surface area contributed by atoms with Crippen molar-refractivity contribution in [1.82, 2.24) is 0 Å². The predicted octanol–water partition coefficient (Wildman–Crippen LogP) is 9.21. The Morgan fingerprint density at radius 1 is 0.833 bits per heavy atom. The lowest BCUT2D eigenvalue weighted by Gasteiger charge is -2.15. The number of hydrogen-bond acceptors (Lipinski definition) is 1. The van der Waals surface area contributed by atoms with Crippen molar-refractivity contribution >= 4 is 11.5 Å². The van der Waals surface area contributed by atoms with Gasteiger partial charge in [0.1, 0.15) is 0 Å². The average Bonchev–Trinajstić information content (AvgIpc) is 2.90. The van der Waals surface area contributed by atoms with Crippen LogP contribution in [0.5, 0.6) is 0 Å². The van der Waals surface area contributed by atoms with Gasteiger partial charge in [0.2, 0.25) is 0 Å². The minimum Gasteiger partial charge on any atom is -0.234 e. The van der Waals surface area contributed by atoms with Crippen molar-refractivity contribution in [3.05, 3.63) is 132 Å². The molecule has 2 nitrogen and oxygen atoms in total. The smallest absolute Gasteiger partial charge is 0.159 e. The van der Waals surface area contributed by atoms with E-state index in [0.29, 0.717) is 11.5 Å². The third-order valence-corrected chi connectivity index (χ3v) is 4.97. The molecule has 0 atom stereocenters. The highest BCUT2D eigenvalue weighted by Gasteiger charge is 2.14. The normalized spacial score (nSPS) is 10.6. The van der Waals surface area contributed by atoms with Gasteiger partial charge in [0, 0.05) is 33.7 Å². The number of hydrogen-bond donors (Lipinski definition) is 0. The highest BCUT2D eigenvalue weighted by atomic mass is 14.9. The van der Waals surface area contributed by atoms with Gasteiger partial charge < -0.3 is 0 Å². The molecule has 3 aromatic carbocycles. The van der Waals surface area contributed by atoms with Gasteiger partial charge in [-0.3, -0.25) is 0 Å². The zero-order valence-corrected chi connectivity index (χ0v) is 22.6. The van der Waals surface area contributed by atoms with Crippen molar-refractivity contribution < 1.29 is 0 Å². The van der Waals surface area contributed by atoms with E-state index in [1.807, 2.05) is 89.2 Å². The lowest BCUT2D eigenvalue weighted by atomic mass is 9.90. The molecule has 0 amide bonds. The molecule has 3 aromatic rings. The summed E-state index contributed by atoms with van der Waals surface area (Å²) >= 11 is 0. The van der Waals surface area contributed by atoms with Crippen LogP contribution in [0.15, 0.2) is 120 Å². The first kappa shape index (κ1) is 29.8. The van der Waals surface area contributed by atoms with Crippen LogP contribution in [0.2, 0.25) is 0 Å². The molecule has 0 saturated carbocycles. The number of benzene rings is 3. The summed E-state index contributed by atoms with van der Waals surface area (Å²) in [6.07, 6.45) is 7.56. The van der Waals surface area contributed by atoms with Crippen LogP contribution in [-0.4, -0.2) is 11.5 Å². The first-order chi connectivity index (χ1) is 17.3. The Morgan fingerprint density at radius 3 is 1.94 bits per heavy atom. The summed E-state index contributed by atoms with van der Waals surface area (Å²) in [6.45, 7) is 22.8. The molecule has 0 spiro atoms. The molecule has 0 aromatic heterocycles. The first-order valence-electron chi connectivity index (χ1n) is 12.1. The summed E-state index contributed by atoms with van der Waals surface area (Å²) in [6, 6.07) is 24.2. The number of nitrogens with zero attached hydrogens (tertiary/aromatic N) is 2. The molecule has 0 fully saturated rings. The molecule has 184 valence electrons. The molecular weight excluding hydrogens is 436 g/mol. The van der Waals surface area contributed by atoms with Crippen molar-refractivity contribution in [2.45, 2.75) is 41.5 Å². The average molecular weight is 475 g/mol. The van der Waals surface area contributed by atoms with E-state index in [-0.39, 0.29) is 0 Å². The van der Waals surface area contributed by atoms with Gasteiger partial charge in [-0.15, -0.1) is 6.42 Å². The largest absolute Gasteiger partial charge is 0.234 e. The number of aliphatic imine (C=N–C) groups is 2. The monoisotopic (exact) mass is 474 g/mol. The van der Waals surface area contributed by atoms with Gasteiger partial charge in [0.05, 0.1) is 0 Å². The van der Waals surface area contributed by atoms with E-state index in [2.05, 4.69) is 55.8 Å². The summed E-state index contributed by atoms with van der Waals surface area (Å²) in [5, 5.41) is 0. The topological polar surface area (TPSA) is 24.7 Å². The number of allylic oxidation sites excluding steroid dienone is 3. The van der Waals surface area contributed by atoms with Crippen LogP contribution in [0.25, 0.3) is 11.1 Å². The standard InChI is InChI=1S/C27H24N2.C5H8.C2H6/c1-6-22-16-12-18-25(26(22)24-17-11-10-13-20(24)4)21(5)29-27(28-19(2)3)23-14-8-7-9-15-23;1-4-5(2)3;1-2/h1,7-18H,2H2,3-5H3;4H,1-2H2,3H3;1-2H3. The zero-order chi connectivity index (χ0) is 27.1. The lowest BCUT2D eigenvalue weighted by Crippen LogP contribution is -2.06. The number of terminal acetylenes is 1. The minimum absolute atomic E-state index is 0.637. The molecule has 0 saturated heterocycles. The van der Waals surface area contributed by atoms with Crippen LogP contribution in [-0.2, 0) is 0 Å². The minimum atomic E-state index is 0.637. The van der Waals surface area contributed by atoms with Crippen molar-refractivity contribution in [2.75, 3.05) is 0 Å². The third-order valence-electron chi connectivity index (χ3n) is 4.97. The highest BCUT2D eigenvalue weighted by Crippen LogP contribution is 2.31. The van der Waals surface area contributed by atoms with Crippen molar-refractivity contribution in [2.24, 2.45) is 9.98 Å². The summed E-state index contributed by atoms with van der Waals surface area (Å²) in [7, 11) is 0. The maximum Gasteiger partial charge on any atom is 0.159 e. The molecule has 0 aliphatic rings. The number of amidine groups is 1. The molecule has 36 heavy (non-hydrogen) atoms. The van der Waals surface area contributed by atoms with Gasteiger partial charge in [-0.05, 0) is 44.9 Å². The Kier molecular flexibility index (Phi) is 12.9. The fourth-order valence-corrected chi connectivity index (χ4v) is 3.26. The van der Waals surface area contributed by atoms with Gasteiger partial charge in [0.25, 0.3) is 0 Å². The molecule has 3 rings (SSSR count). The van der Waals surface area contributed by atoms with Crippen LogP contribution in [0.1, 0.15) is 56.9 Å². The second-order valence-corrected chi connectivity index (χ2v) is 7.97. The third kappa shape index (κ3) is 8.85. The Hall–Kier alpha value is -4.22. The quantitative estimate of drug-likeness (QED) is 0.152. The molecular formula is C34H38N2. The van der Waals surface area contributed by atoms with Gasteiger partial charge in [-0.25, -0.2) is 9.98 Å². The maximum atomic E-state index is 5.84. The van der Waals surface area contributed by atoms with E-state index in [1.165, 1.54) is 5.56 Å². The van der Waals surface area contributed by atoms with Gasteiger partial charge in [-0.1, -0.05) is 118 Å². The maximum absolute atomic E-state index is 5.84. The Balaban J connectivity index is 0.000000826. The molecule has 0 radical (unpaired) electrons. The van der Waals surface area contributed by atoms with Crippen LogP contribution in [0.3, 0.4) is 0 Å². The zero-order valence-electron chi connectivity index (χ0n) is 22.6. The van der Waals surface area contributed by atoms with Crippen molar-refractivity contribution in [3.8, 4) is 23.5 Å². The van der Waals surface area contributed by atoms with E-state index in [4.69, 9.17) is 11.4 Å². The SMILES string of the molecule is C#Cc1cccc(C(C)=NC(=NC(=C)C)c2ccccc2)c1-c1ccccc1C.C=CC(=C)C.CC. The molecule has 0 aliphatic carbocycles. The highest BCUT2D eigenvalue weighted by molar-refractivity contribution is 6.14. The lowest BCUT2D eigenvalue weighted by molar-refractivity contribution is 1.30. The van der Waals surface area contributed by atoms with Gasteiger partial charge in [-0.2, -0.15) is 0 Å². The second-order valence-electron chi connectivity index (χ2n) is 7.97. The Labute approximate surface area is 218 Å². The van der Waals surface area contributed by atoms with Gasteiger partial charge in [0.15, 0.2) is 5.84 Å². The fourth-order valence-electron chi connectivity index (χ4n) is 3.26. The molecule has 0 aliphatic heterocycles. The van der Waals surface area contributed by atoms with E-state index < -0.39 is 0 Å². The van der Waals surface area contributed by atoms with Crippen LogP contribution >= 0.6 is 0 Å². The van der Waals surface area contributed by atoms with Crippen LogP contribution < -0.4 is 0 Å². The summed E-state index contributed by atoms with van der Waals surface area (Å²) < 4.78 is 0. The predicted molar refractivity (Wildman–Crippen MR) is 161 cm³/mol. The fraction of sp³-hybridized carbons (Fsp3) is 0.176. The van der Waals surface area contributed by atoms with Crippen LogP contribution in [0.4, 0.5) is 0 Å². The molecule has 0 N–H and O–H groups in total. The number of aryl methyl sites for hydroxylation is 1. The molecule has 2 heteroatoms. The summed E-state index contributed by atoms with van der Waals surface area (Å²) in [4.78, 5) is 9.46. The Bertz CT molecular complexity index is 1280. The number of rotatable bonds is 5. The van der Waals surface area contributed by atoms with Crippen molar-refractivity contribution in [1.29, 1.82) is 0 Å². The second kappa shape index (κ2) is 15.6. The van der Waals surface area contributed by atoms with Crippen LogP contribution in [0, 0.1) is 19.3 Å². The molecule has 0 unspecified atom stereocenters. The van der Waals surface area contributed by atoms with Crippen molar-refractivity contribution in [3.63, 3.8) is 0 Å². The molecule has 0 heterocycles. The first-order valence-corrected chi connectivity index (χ1v) is 12.1. The van der Waals surface area contributed by atoms with E-state index >= 15 is 0 Å². The van der Waals surface area contributed by atoms with Gasteiger partial charge >= 0.3 is 0 Å². The van der Waals surface area contributed by atoms with E-state index in [9.17, 15) is 0 Å².